The molecule has 1 saturated heterocycles. The molecule has 2 rings (SSSR count). The summed E-state index contributed by atoms with van der Waals surface area (Å²) in [6.45, 7) is 2.61. The second-order valence-electron chi connectivity index (χ2n) is 4.98. The van der Waals surface area contributed by atoms with Crippen molar-refractivity contribution in [2.24, 2.45) is 5.73 Å². The number of thiazole rings is 1. The Balaban J connectivity index is 2.09. The predicted octanol–water partition coefficient (Wildman–Crippen LogP) is 2.22. The average molecular weight is 307 g/mol. The van der Waals surface area contributed by atoms with Crippen LogP contribution in [0.15, 0.2) is 5.38 Å². The van der Waals surface area contributed by atoms with Gasteiger partial charge in [-0.1, -0.05) is 0 Å². The molecule has 20 heavy (non-hydrogen) atoms. The second-order valence-corrected chi connectivity index (χ2v) is 5.87. The van der Waals surface area contributed by atoms with E-state index < -0.39 is 17.9 Å². The van der Waals surface area contributed by atoms with Gasteiger partial charge in [0.2, 0.25) is 5.91 Å². The van der Waals surface area contributed by atoms with Gasteiger partial charge in [-0.15, -0.1) is 11.3 Å². The van der Waals surface area contributed by atoms with Crippen LogP contribution in [0, 0.1) is 0 Å². The van der Waals surface area contributed by atoms with Gasteiger partial charge in [-0.05, 0) is 19.8 Å². The smallest absolute Gasteiger partial charge is 0.341 e. The lowest BCUT2D eigenvalue weighted by atomic mass is 9.98. The van der Waals surface area contributed by atoms with Crippen LogP contribution in [-0.2, 0) is 11.0 Å². The fraction of sp³-hybridized carbons (Fsp3) is 0.667. The quantitative estimate of drug-likeness (QED) is 0.911. The SMILES string of the molecule is CC(N)C(=O)N1CCCC(c2nc(C(F)(F)F)cs2)C1. The molecular weight excluding hydrogens is 291 g/mol. The number of rotatable bonds is 2. The first-order valence-corrected chi connectivity index (χ1v) is 7.24. The highest BCUT2D eigenvalue weighted by atomic mass is 32.1. The summed E-state index contributed by atoms with van der Waals surface area (Å²) in [5.74, 6) is -0.296. The Morgan fingerprint density at radius 3 is 2.85 bits per heavy atom. The van der Waals surface area contributed by atoms with Crippen molar-refractivity contribution >= 4 is 17.2 Å². The van der Waals surface area contributed by atoms with Gasteiger partial charge in [0.05, 0.1) is 11.0 Å². The minimum absolute atomic E-state index is 0.132. The molecule has 2 atom stereocenters. The molecule has 2 heterocycles. The van der Waals surface area contributed by atoms with Crippen LogP contribution < -0.4 is 5.73 Å². The van der Waals surface area contributed by atoms with Gasteiger partial charge in [-0.2, -0.15) is 13.2 Å². The number of halogens is 3. The predicted molar refractivity (Wildman–Crippen MR) is 69.3 cm³/mol. The summed E-state index contributed by atoms with van der Waals surface area (Å²) in [7, 11) is 0. The number of aromatic nitrogens is 1. The maximum Gasteiger partial charge on any atom is 0.434 e. The van der Waals surface area contributed by atoms with E-state index >= 15 is 0 Å². The first-order chi connectivity index (χ1) is 9.29. The zero-order valence-electron chi connectivity index (χ0n) is 11.0. The van der Waals surface area contributed by atoms with E-state index in [-0.39, 0.29) is 11.8 Å². The monoisotopic (exact) mass is 307 g/mol. The van der Waals surface area contributed by atoms with Crippen LogP contribution in [0.2, 0.25) is 0 Å². The zero-order chi connectivity index (χ0) is 14.9. The molecule has 0 bridgehead atoms. The molecule has 1 fully saturated rings. The number of likely N-dealkylation sites (tertiary alicyclic amines) is 1. The van der Waals surface area contributed by atoms with Crippen molar-refractivity contribution in [3.63, 3.8) is 0 Å². The number of alkyl halides is 3. The van der Waals surface area contributed by atoms with Crippen LogP contribution in [0.25, 0.3) is 0 Å². The number of nitrogens with two attached hydrogens (primary N) is 1. The van der Waals surface area contributed by atoms with E-state index in [1.54, 1.807) is 11.8 Å². The number of nitrogens with zero attached hydrogens (tertiary/aromatic N) is 2. The van der Waals surface area contributed by atoms with Crippen LogP contribution in [-0.4, -0.2) is 34.9 Å². The van der Waals surface area contributed by atoms with Gasteiger partial charge < -0.3 is 10.6 Å². The molecule has 1 aromatic heterocycles. The summed E-state index contributed by atoms with van der Waals surface area (Å²) in [6, 6.07) is -0.587. The molecule has 1 amide bonds. The lowest BCUT2D eigenvalue weighted by molar-refractivity contribution is -0.141. The minimum atomic E-state index is -4.41. The molecule has 2 unspecified atom stereocenters. The lowest BCUT2D eigenvalue weighted by Gasteiger charge is -2.32. The van der Waals surface area contributed by atoms with Crippen molar-refractivity contribution in [1.82, 2.24) is 9.88 Å². The van der Waals surface area contributed by atoms with Crippen LogP contribution in [0.3, 0.4) is 0 Å². The highest BCUT2D eigenvalue weighted by Crippen LogP contribution is 2.34. The van der Waals surface area contributed by atoms with Gasteiger partial charge >= 0.3 is 6.18 Å². The summed E-state index contributed by atoms with van der Waals surface area (Å²) in [6.07, 6.45) is -2.91. The molecule has 0 aromatic carbocycles. The summed E-state index contributed by atoms with van der Waals surface area (Å²) in [5, 5.41) is 1.47. The average Bonchev–Trinajstić information content (AvgIpc) is 2.87. The third kappa shape index (κ3) is 3.29. The summed E-state index contributed by atoms with van der Waals surface area (Å²) < 4.78 is 37.6. The van der Waals surface area contributed by atoms with Crippen molar-refractivity contribution in [1.29, 1.82) is 0 Å². The maximum atomic E-state index is 12.5. The summed E-state index contributed by atoms with van der Waals surface area (Å²) in [4.78, 5) is 17.1. The van der Waals surface area contributed by atoms with Crippen LogP contribution in [0.5, 0.6) is 0 Å². The molecule has 0 spiro atoms. The molecule has 1 aromatic rings. The van der Waals surface area contributed by atoms with Crippen molar-refractivity contribution in [2.75, 3.05) is 13.1 Å². The lowest BCUT2D eigenvalue weighted by Crippen LogP contribution is -2.46. The van der Waals surface area contributed by atoms with Gasteiger partial charge in [-0.3, -0.25) is 4.79 Å². The van der Waals surface area contributed by atoms with Gasteiger partial charge in [0, 0.05) is 24.4 Å². The molecule has 2 N–H and O–H groups in total. The van der Waals surface area contributed by atoms with Gasteiger partial charge in [0.1, 0.15) is 0 Å². The number of carbonyl (C=O) groups is 1. The maximum absolute atomic E-state index is 12.5. The Labute approximate surface area is 118 Å². The van der Waals surface area contributed by atoms with Gasteiger partial charge in [0.25, 0.3) is 0 Å². The first-order valence-electron chi connectivity index (χ1n) is 6.36. The molecule has 1 aliphatic rings. The Bertz CT molecular complexity index is 487. The molecule has 0 saturated carbocycles. The molecule has 112 valence electrons. The van der Waals surface area contributed by atoms with E-state index in [1.165, 1.54) is 0 Å². The van der Waals surface area contributed by atoms with Gasteiger partial charge in [-0.25, -0.2) is 4.98 Å². The Hall–Kier alpha value is -1.15. The molecule has 8 heteroatoms. The minimum Gasteiger partial charge on any atom is -0.341 e. The van der Waals surface area contributed by atoms with E-state index in [2.05, 4.69) is 4.98 Å². The van der Waals surface area contributed by atoms with E-state index in [0.29, 0.717) is 18.1 Å². The zero-order valence-corrected chi connectivity index (χ0v) is 11.8. The number of amides is 1. The van der Waals surface area contributed by atoms with E-state index in [4.69, 9.17) is 5.73 Å². The third-order valence-corrected chi connectivity index (χ3v) is 4.29. The number of hydrogen-bond acceptors (Lipinski definition) is 4. The Kier molecular flexibility index (Phi) is 4.33. The summed E-state index contributed by atoms with van der Waals surface area (Å²) >= 11 is 1.00. The molecular formula is C12H16F3N3OS. The van der Waals surface area contributed by atoms with E-state index in [9.17, 15) is 18.0 Å². The molecule has 0 radical (unpaired) electrons. The number of piperidine rings is 1. The van der Waals surface area contributed by atoms with Crippen LogP contribution in [0.1, 0.15) is 36.4 Å². The number of hydrogen-bond donors (Lipinski definition) is 1. The van der Waals surface area contributed by atoms with Crippen molar-refractivity contribution in [2.45, 2.75) is 37.9 Å². The van der Waals surface area contributed by atoms with Gasteiger partial charge in [0.15, 0.2) is 5.69 Å². The highest BCUT2D eigenvalue weighted by molar-refractivity contribution is 7.09. The topological polar surface area (TPSA) is 59.2 Å². The van der Waals surface area contributed by atoms with E-state index in [0.717, 1.165) is 29.6 Å². The fourth-order valence-corrected chi connectivity index (χ4v) is 3.23. The highest BCUT2D eigenvalue weighted by Gasteiger charge is 2.35. The summed E-state index contributed by atoms with van der Waals surface area (Å²) in [5.41, 5.74) is 4.71. The standard InChI is InChI=1S/C12H16F3N3OS/c1-7(16)11(19)18-4-2-3-8(5-18)10-17-9(6-20-10)12(13,14)15/h6-8H,2-5,16H2,1H3. The molecule has 1 aliphatic heterocycles. The first kappa shape index (κ1) is 15.2. The van der Waals surface area contributed by atoms with Crippen LogP contribution in [0.4, 0.5) is 13.2 Å². The van der Waals surface area contributed by atoms with Crippen LogP contribution >= 0.6 is 11.3 Å². The molecule has 4 nitrogen and oxygen atoms in total. The van der Waals surface area contributed by atoms with E-state index in [1.807, 2.05) is 0 Å². The third-order valence-electron chi connectivity index (χ3n) is 3.28. The van der Waals surface area contributed by atoms with Crippen molar-refractivity contribution < 1.29 is 18.0 Å². The Morgan fingerprint density at radius 1 is 1.60 bits per heavy atom. The van der Waals surface area contributed by atoms with Crippen molar-refractivity contribution in [3.05, 3.63) is 16.1 Å². The van der Waals surface area contributed by atoms with Crippen molar-refractivity contribution in [3.8, 4) is 0 Å². The Morgan fingerprint density at radius 2 is 2.30 bits per heavy atom. The normalized spacial score (nSPS) is 21.9. The number of carbonyl (C=O) groups excluding carboxylic acids is 1. The largest absolute Gasteiger partial charge is 0.434 e. The fourth-order valence-electron chi connectivity index (χ4n) is 2.27. The second kappa shape index (κ2) is 5.69. The molecule has 0 aliphatic carbocycles.